The molecule has 0 bridgehead atoms. The Morgan fingerprint density at radius 3 is 1.50 bits per heavy atom. The largest absolute Gasteiger partial charge is 0.309 e. The van der Waals surface area contributed by atoms with Crippen molar-refractivity contribution in [2.45, 2.75) is 0 Å². The van der Waals surface area contributed by atoms with Crippen LogP contribution in [0.4, 0.5) is 0 Å². The molecular formula is C35H23N3. The van der Waals surface area contributed by atoms with E-state index in [4.69, 9.17) is 0 Å². The Bertz CT molecular complexity index is 2100. The summed E-state index contributed by atoms with van der Waals surface area (Å²) in [5, 5.41) is 5.11. The van der Waals surface area contributed by atoms with Crippen LogP contribution in [0.2, 0.25) is 0 Å². The molecule has 5 aromatic carbocycles. The van der Waals surface area contributed by atoms with Crippen molar-refractivity contribution in [1.29, 1.82) is 0 Å². The lowest BCUT2D eigenvalue weighted by molar-refractivity contribution is 1.17. The molecule has 0 spiro atoms. The molecule has 0 saturated carbocycles. The monoisotopic (exact) mass is 485 g/mol. The first kappa shape index (κ1) is 21.0. The van der Waals surface area contributed by atoms with Gasteiger partial charge in [0.2, 0.25) is 0 Å². The number of rotatable bonds is 3. The zero-order valence-corrected chi connectivity index (χ0v) is 20.6. The molecule has 38 heavy (non-hydrogen) atoms. The van der Waals surface area contributed by atoms with E-state index in [1.54, 1.807) is 0 Å². The van der Waals surface area contributed by atoms with Crippen LogP contribution in [0.15, 0.2) is 140 Å². The van der Waals surface area contributed by atoms with Crippen molar-refractivity contribution in [3.63, 3.8) is 0 Å². The van der Waals surface area contributed by atoms with Gasteiger partial charge in [-0.15, -0.1) is 0 Å². The van der Waals surface area contributed by atoms with Crippen LogP contribution in [-0.4, -0.2) is 14.1 Å². The van der Waals surface area contributed by atoms with E-state index in [2.05, 4.69) is 135 Å². The van der Waals surface area contributed by atoms with Crippen LogP contribution >= 0.6 is 0 Å². The molecule has 3 heteroatoms. The number of aromatic nitrogens is 3. The SMILES string of the molecule is c1ccc(-n2c3ccccc3c3c4c5ccccc5n(-c5ccc(-c6ccccn6)cc5)c4ccc32)cc1. The number of benzene rings is 5. The summed E-state index contributed by atoms with van der Waals surface area (Å²) in [4.78, 5) is 4.52. The highest BCUT2D eigenvalue weighted by Crippen LogP contribution is 2.42. The van der Waals surface area contributed by atoms with Gasteiger partial charge in [0.1, 0.15) is 0 Å². The number of hydrogen-bond donors (Lipinski definition) is 0. The van der Waals surface area contributed by atoms with Crippen molar-refractivity contribution >= 4 is 43.6 Å². The molecule has 3 nitrogen and oxygen atoms in total. The standard InChI is InChI=1S/C35H23N3/c1-2-10-25(11-3-1)37-30-15-6-4-12-27(30)34-32(37)21-22-33-35(34)28-13-5-7-16-31(28)38(33)26-19-17-24(18-20-26)29-14-8-9-23-36-29/h1-23H. The number of hydrogen-bond acceptors (Lipinski definition) is 1. The third kappa shape index (κ3) is 2.99. The molecule has 0 unspecified atom stereocenters. The van der Waals surface area contributed by atoms with E-state index in [1.165, 1.54) is 49.3 Å². The van der Waals surface area contributed by atoms with Gasteiger partial charge in [0, 0.05) is 44.7 Å². The molecule has 3 heterocycles. The van der Waals surface area contributed by atoms with Gasteiger partial charge in [0.05, 0.1) is 27.8 Å². The summed E-state index contributed by atoms with van der Waals surface area (Å²) in [5.74, 6) is 0. The van der Waals surface area contributed by atoms with Crippen LogP contribution in [0, 0.1) is 0 Å². The lowest BCUT2D eigenvalue weighted by Crippen LogP contribution is -1.95. The molecule has 8 aromatic rings. The third-order valence-electron chi connectivity index (χ3n) is 7.57. The summed E-state index contributed by atoms with van der Waals surface area (Å²) < 4.78 is 4.78. The Labute approximate surface area is 219 Å². The topological polar surface area (TPSA) is 22.8 Å². The Morgan fingerprint density at radius 2 is 0.921 bits per heavy atom. The van der Waals surface area contributed by atoms with Gasteiger partial charge in [-0.3, -0.25) is 4.98 Å². The molecule has 0 saturated heterocycles. The lowest BCUT2D eigenvalue weighted by Gasteiger charge is -2.10. The van der Waals surface area contributed by atoms with Crippen molar-refractivity contribution in [3.05, 3.63) is 140 Å². The fourth-order valence-electron chi connectivity index (χ4n) is 5.97. The van der Waals surface area contributed by atoms with E-state index in [1.807, 2.05) is 18.3 Å². The minimum Gasteiger partial charge on any atom is -0.309 e. The van der Waals surface area contributed by atoms with Gasteiger partial charge in [0.25, 0.3) is 0 Å². The predicted molar refractivity (Wildman–Crippen MR) is 158 cm³/mol. The highest BCUT2D eigenvalue weighted by Gasteiger charge is 2.20. The van der Waals surface area contributed by atoms with E-state index < -0.39 is 0 Å². The molecule has 0 N–H and O–H groups in total. The second-order valence-corrected chi connectivity index (χ2v) is 9.66. The Hall–Kier alpha value is -5.15. The summed E-state index contributed by atoms with van der Waals surface area (Å²) in [6.45, 7) is 0. The second kappa shape index (κ2) is 8.19. The second-order valence-electron chi connectivity index (χ2n) is 9.66. The molecule has 3 aromatic heterocycles. The van der Waals surface area contributed by atoms with E-state index in [0.717, 1.165) is 16.9 Å². The van der Waals surface area contributed by atoms with Gasteiger partial charge in [-0.2, -0.15) is 0 Å². The minimum atomic E-state index is 0.983. The van der Waals surface area contributed by atoms with Crippen molar-refractivity contribution in [1.82, 2.24) is 14.1 Å². The summed E-state index contributed by atoms with van der Waals surface area (Å²) >= 11 is 0. The summed E-state index contributed by atoms with van der Waals surface area (Å²) in [6, 6.07) is 47.5. The fourth-order valence-corrected chi connectivity index (χ4v) is 5.97. The maximum Gasteiger partial charge on any atom is 0.0701 e. The third-order valence-corrected chi connectivity index (χ3v) is 7.57. The molecule has 8 rings (SSSR count). The van der Waals surface area contributed by atoms with Crippen LogP contribution in [0.1, 0.15) is 0 Å². The molecule has 0 atom stereocenters. The predicted octanol–water partition coefficient (Wildman–Crippen LogP) is 8.94. The Balaban J connectivity index is 1.46. The van der Waals surface area contributed by atoms with Gasteiger partial charge in [0.15, 0.2) is 0 Å². The Kier molecular flexibility index (Phi) is 4.52. The molecule has 0 fully saturated rings. The summed E-state index contributed by atoms with van der Waals surface area (Å²) in [6.07, 6.45) is 1.84. The van der Waals surface area contributed by atoms with Crippen LogP contribution < -0.4 is 0 Å². The lowest BCUT2D eigenvalue weighted by atomic mass is 10.1. The summed E-state index contributed by atoms with van der Waals surface area (Å²) in [5.41, 5.74) is 9.27. The van der Waals surface area contributed by atoms with Crippen LogP contribution in [0.5, 0.6) is 0 Å². The molecular weight excluding hydrogens is 462 g/mol. The van der Waals surface area contributed by atoms with Gasteiger partial charge < -0.3 is 9.13 Å². The van der Waals surface area contributed by atoms with Gasteiger partial charge >= 0.3 is 0 Å². The van der Waals surface area contributed by atoms with Gasteiger partial charge in [-0.25, -0.2) is 0 Å². The van der Waals surface area contributed by atoms with E-state index in [9.17, 15) is 0 Å². The molecule has 0 aliphatic carbocycles. The zero-order chi connectivity index (χ0) is 25.1. The normalized spacial score (nSPS) is 11.7. The quantitative estimate of drug-likeness (QED) is 0.245. The molecule has 0 aliphatic heterocycles. The van der Waals surface area contributed by atoms with Crippen LogP contribution in [0.25, 0.3) is 66.2 Å². The number of pyridine rings is 1. The van der Waals surface area contributed by atoms with Crippen LogP contribution in [-0.2, 0) is 0 Å². The maximum atomic E-state index is 4.52. The van der Waals surface area contributed by atoms with E-state index >= 15 is 0 Å². The molecule has 0 amide bonds. The smallest absolute Gasteiger partial charge is 0.0701 e. The number of fused-ring (bicyclic) bond motifs is 7. The summed E-state index contributed by atoms with van der Waals surface area (Å²) in [7, 11) is 0. The highest BCUT2D eigenvalue weighted by molar-refractivity contribution is 6.28. The van der Waals surface area contributed by atoms with Crippen LogP contribution in [0.3, 0.4) is 0 Å². The van der Waals surface area contributed by atoms with Gasteiger partial charge in [-0.1, -0.05) is 72.8 Å². The Morgan fingerprint density at radius 1 is 0.395 bits per heavy atom. The molecule has 0 aliphatic rings. The van der Waals surface area contributed by atoms with E-state index in [-0.39, 0.29) is 0 Å². The average Bonchev–Trinajstić information content (AvgIpc) is 3.51. The average molecular weight is 486 g/mol. The maximum absolute atomic E-state index is 4.52. The number of nitrogens with zero attached hydrogens (tertiary/aromatic N) is 3. The van der Waals surface area contributed by atoms with E-state index in [0.29, 0.717) is 0 Å². The first-order valence-electron chi connectivity index (χ1n) is 12.9. The zero-order valence-electron chi connectivity index (χ0n) is 20.6. The van der Waals surface area contributed by atoms with Gasteiger partial charge in [-0.05, 0) is 60.7 Å². The number of para-hydroxylation sites is 3. The molecule has 0 radical (unpaired) electrons. The van der Waals surface area contributed by atoms with Crippen molar-refractivity contribution < 1.29 is 0 Å². The van der Waals surface area contributed by atoms with Crippen molar-refractivity contribution in [2.24, 2.45) is 0 Å². The first-order valence-corrected chi connectivity index (χ1v) is 12.9. The molecule has 178 valence electrons. The first-order chi connectivity index (χ1) is 18.9. The van der Waals surface area contributed by atoms with Crippen molar-refractivity contribution in [2.75, 3.05) is 0 Å². The van der Waals surface area contributed by atoms with Crippen molar-refractivity contribution in [3.8, 4) is 22.6 Å². The minimum absolute atomic E-state index is 0.983. The fraction of sp³-hybridized carbons (Fsp3) is 0. The highest BCUT2D eigenvalue weighted by atomic mass is 15.0.